The van der Waals surface area contributed by atoms with Crippen molar-refractivity contribution in [2.24, 2.45) is 0 Å². The van der Waals surface area contributed by atoms with Gasteiger partial charge in [-0.05, 0) is 23.8 Å². The third-order valence-corrected chi connectivity index (χ3v) is 4.05. The number of rotatable bonds is 6. The largest absolute Gasteiger partial charge is 0.497 e. The highest BCUT2D eigenvalue weighted by Crippen LogP contribution is 2.28. The number of methoxy groups -OCH3 is 1. The molecular formula is C16H16O3S. The lowest BCUT2D eigenvalue weighted by molar-refractivity contribution is -0.138. The minimum atomic E-state index is -0.799. The van der Waals surface area contributed by atoms with E-state index < -0.39 is 11.9 Å². The van der Waals surface area contributed by atoms with Crippen molar-refractivity contribution in [2.75, 3.05) is 12.9 Å². The van der Waals surface area contributed by atoms with Gasteiger partial charge in [-0.2, -0.15) is 0 Å². The monoisotopic (exact) mass is 288 g/mol. The number of aliphatic carboxylic acids is 1. The van der Waals surface area contributed by atoms with Crippen LogP contribution in [-0.2, 0) is 4.79 Å². The van der Waals surface area contributed by atoms with Crippen LogP contribution in [0.4, 0.5) is 0 Å². The highest BCUT2D eigenvalue weighted by Gasteiger charge is 2.19. The van der Waals surface area contributed by atoms with E-state index >= 15 is 0 Å². The third-order valence-electron chi connectivity index (χ3n) is 2.96. The van der Waals surface area contributed by atoms with E-state index in [9.17, 15) is 9.90 Å². The fraction of sp³-hybridized carbons (Fsp3) is 0.188. The van der Waals surface area contributed by atoms with Gasteiger partial charge in [-0.15, -0.1) is 11.8 Å². The Kier molecular flexibility index (Phi) is 5.07. The van der Waals surface area contributed by atoms with Crippen LogP contribution in [0, 0.1) is 0 Å². The van der Waals surface area contributed by atoms with Crippen molar-refractivity contribution >= 4 is 17.7 Å². The molecule has 1 atom stereocenters. The van der Waals surface area contributed by atoms with Gasteiger partial charge >= 0.3 is 5.97 Å². The smallest absolute Gasteiger partial charge is 0.311 e. The molecule has 0 aliphatic rings. The van der Waals surface area contributed by atoms with Gasteiger partial charge in [0.25, 0.3) is 0 Å². The van der Waals surface area contributed by atoms with Gasteiger partial charge in [0.1, 0.15) is 5.75 Å². The standard InChI is InChI=1S/C16H16O3S/c1-19-13-8-5-9-14(10-13)20-11-15(16(17)18)12-6-3-2-4-7-12/h2-10,15H,11H2,1H3,(H,17,18)/t15-/m0/s1. The van der Waals surface area contributed by atoms with Crippen molar-refractivity contribution in [3.05, 3.63) is 60.2 Å². The molecule has 2 aromatic rings. The van der Waals surface area contributed by atoms with E-state index in [4.69, 9.17) is 4.74 Å². The molecule has 3 nitrogen and oxygen atoms in total. The molecule has 0 aliphatic carbocycles. The molecule has 0 amide bonds. The second-order valence-electron chi connectivity index (χ2n) is 4.29. The van der Waals surface area contributed by atoms with Gasteiger partial charge in [-0.25, -0.2) is 0 Å². The summed E-state index contributed by atoms with van der Waals surface area (Å²) in [5, 5.41) is 9.37. The van der Waals surface area contributed by atoms with E-state index in [1.807, 2.05) is 54.6 Å². The lowest BCUT2D eigenvalue weighted by Crippen LogP contribution is -2.14. The summed E-state index contributed by atoms with van der Waals surface area (Å²) < 4.78 is 5.16. The summed E-state index contributed by atoms with van der Waals surface area (Å²) in [5.74, 6) is -0.0347. The maximum Gasteiger partial charge on any atom is 0.311 e. The first-order valence-electron chi connectivity index (χ1n) is 6.25. The van der Waals surface area contributed by atoms with Crippen molar-refractivity contribution < 1.29 is 14.6 Å². The lowest BCUT2D eigenvalue weighted by Gasteiger charge is -2.12. The van der Waals surface area contributed by atoms with Crippen LogP contribution in [0.3, 0.4) is 0 Å². The molecule has 0 bridgehead atoms. The minimum Gasteiger partial charge on any atom is -0.497 e. The van der Waals surface area contributed by atoms with Gasteiger partial charge in [0, 0.05) is 10.6 Å². The highest BCUT2D eigenvalue weighted by molar-refractivity contribution is 7.99. The van der Waals surface area contributed by atoms with Crippen LogP contribution >= 0.6 is 11.8 Å². The lowest BCUT2D eigenvalue weighted by atomic mass is 10.0. The Bertz CT molecular complexity index is 569. The first-order valence-corrected chi connectivity index (χ1v) is 7.24. The molecular weight excluding hydrogens is 272 g/mol. The van der Waals surface area contributed by atoms with Crippen molar-refractivity contribution in [1.29, 1.82) is 0 Å². The molecule has 0 radical (unpaired) electrons. The van der Waals surface area contributed by atoms with E-state index in [0.717, 1.165) is 16.2 Å². The summed E-state index contributed by atoms with van der Waals surface area (Å²) in [6.45, 7) is 0. The van der Waals surface area contributed by atoms with Crippen molar-refractivity contribution in [1.82, 2.24) is 0 Å². The number of thioether (sulfide) groups is 1. The summed E-state index contributed by atoms with van der Waals surface area (Å²) in [6, 6.07) is 17.0. The van der Waals surface area contributed by atoms with Gasteiger partial charge in [-0.1, -0.05) is 36.4 Å². The van der Waals surface area contributed by atoms with E-state index in [0.29, 0.717) is 5.75 Å². The Morgan fingerprint density at radius 2 is 1.95 bits per heavy atom. The molecule has 0 aromatic heterocycles. The fourth-order valence-corrected chi connectivity index (χ4v) is 2.93. The molecule has 0 heterocycles. The van der Waals surface area contributed by atoms with Crippen molar-refractivity contribution in [3.63, 3.8) is 0 Å². The Morgan fingerprint density at radius 1 is 1.20 bits per heavy atom. The number of carbonyl (C=O) groups is 1. The van der Waals surface area contributed by atoms with E-state index in [1.54, 1.807) is 7.11 Å². The summed E-state index contributed by atoms with van der Waals surface area (Å²) in [4.78, 5) is 12.4. The van der Waals surface area contributed by atoms with Gasteiger partial charge in [0.15, 0.2) is 0 Å². The average molecular weight is 288 g/mol. The molecule has 4 heteroatoms. The molecule has 0 fully saturated rings. The number of ether oxygens (including phenoxy) is 1. The molecule has 0 unspecified atom stereocenters. The minimum absolute atomic E-state index is 0.493. The first kappa shape index (κ1) is 14.5. The highest BCUT2D eigenvalue weighted by atomic mass is 32.2. The summed E-state index contributed by atoms with van der Waals surface area (Å²) in [7, 11) is 1.62. The van der Waals surface area contributed by atoms with Crippen LogP contribution < -0.4 is 4.74 Å². The zero-order chi connectivity index (χ0) is 14.4. The van der Waals surface area contributed by atoms with Gasteiger partial charge in [0.05, 0.1) is 13.0 Å². The van der Waals surface area contributed by atoms with Crippen LogP contribution in [0.1, 0.15) is 11.5 Å². The normalized spacial score (nSPS) is 11.8. The second-order valence-corrected chi connectivity index (χ2v) is 5.38. The Hall–Kier alpha value is -1.94. The summed E-state index contributed by atoms with van der Waals surface area (Å²) in [6.07, 6.45) is 0. The van der Waals surface area contributed by atoms with Crippen LogP contribution in [0.5, 0.6) is 5.75 Å². The third kappa shape index (κ3) is 3.78. The van der Waals surface area contributed by atoms with Gasteiger partial charge in [-0.3, -0.25) is 4.79 Å². The number of hydrogen-bond donors (Lipinski definition) is 1. The molecule has 104 valence electrons. The van der Waals surface area contributed by atoms with Crippen LogP contribution in [-0.4, -0.2) is 23.9 Å². The quantitative estimate of drug-likeness (QED) is 0.824. The number of carboxylic acid groups (broad SMARTS) is 1. The van der Waals surface area contributed by atoms with Crippen LogP contribution in [0.25, 0.3) is 0 Å². The van der Waals surface area contributed by atoms with Crippen LogP contribution in [0.15, 0.2) is 59.5 Å². The van der Waals surface area contributed by atoms with Gasteiger partial charge < -0.3 is 9.84 Å². The second kappa shape index (κ2) is 7.01. The molecule has 2 rings (SSSR count). The molecule has 0 aliphatic heterocycles. The molecule has 0 saturated carbocycles. The predicted molar refractivity (Wildman–Crippen MR) is 80.5 cm³/mol. The summed E-state index contributed by atoms with van der Waals surface area (Å²) >= 11 is 1.52. The Labute approximate surface area is 122 Å². The summed E-state index contributed by atoms with van der Waals surface area (Å²) in [5.41, 5.74) is 0.829. The van der Waals surface area contributed by atoms with E-state index in [-0.39, 0.29) is 0 Å². The molecule has 2 aromatic carbocycles. The van der Waals surface area contributed by atoms with Crippen LogP contribution in [0.2, 0.25) is 0 Å². The maximum absolute atomic E-state index is 11.4. The van der Waals surface area contributed by atoms with E-state index in [1.165, 1.54) is 11.8 Å². The first-order chi connectivity index (χ1) is 9.70. The maximum atomic E-state index is 11.4. The molecule has 0 spiro atoms. The predicted octanol–water partition coefficient (Wildman–Crippen LogP) is 3.66. The molecule has 1 N–H and O–H groups in total. The fourth-order valence-electron chi connectivity index (χ4n) is 1.87. The Balaban J connectivity index is 2.08. The van der Waals surface area contributed by atoms with Crippen molar-refractivity contribution in [2.45, 2.75) is 10.8 Å². The van der Waals surface area contributed by atoms with E-state index in [2.05, 4.69) is 0 Å². The molecule has 0 saturated heterocycles. The van der Waals surface area contributed by atoms with Gasteiger partial charge in [0.2, 0.25) is 0 Å². The van der Waals surface area contributed by atoms with Crippen molar-refractivity contribution in [3.8, 4) is 5.75 Å². The molecule has 20 heavy (non-hydrogen) atoms. The average Bonchev–Trinajstić information content (AvgIpc) is 2.48. The SMILES string of the molecule is COc1cccc(SC[C@H](C(=O)O)c2ccccc2)c1. The Morgan fingerprint density at radius 3 is 2.60 bits per heavy atom. The number of hydrogen-bond acceptors (Lipinski definition) is 3. The topological polar surface area (TPSA) is 46.5 Å². The number of carboxylic acids is 1. The number of benzene rings is 2. The zero-order valence-electron chi connectivity index (χ0n) is 11.2. The zero-order valence-corrected chi connectivity index (χ0v) is 12.0.